The molecule has 0 spiro atoms. The summed E-state index contributed by atoms with van der Waals surface area (Å²) in [5.41, 5.74) is 3.12. The Morgan fingerprint density at radius 1 is 1.30 bits per heavy atom. The highest BCUT2D eigenvalue weighted by Gasteiger charge is 2.39. The molecular formula is C21H23N3O3. The maximum atomic E-state index is 13.0. The number of pyridine rings is 1. The van der Waals surface area contributed by atoms with E-state index in [-0.39, 0.29) is 24.3 Å². The van der Waals surface area contributed by atoms with Crippen molar-refractivity contribution in [2.45, 2.75) is 38.3 Å². The van der Waals surface area contributed by atoms with Crippen LogP contribution in [0, 0.1) is 6.92 Å². The summed E-state index contributed by atoms with van der Waals surface area (Å²) in [6.07, 6.45) is 3.95. The lowest BCUT2D eigenvalue weighted by atomic mass is 10.1. The smallest absolute Gasteiger partial charge is 0.260 e. The number of ether oxygens (including phenoxy) is 1. The molecule has 6 nitrogen and oxygen atoms in total. The van der Waals surface area contributed by atoms with Gasteiger partial charge in [-0.1, -0.05) is 17.7 Å². The molecule has 1 aromatic heterocycles. The molecule has 27 heavy (non-hydrogen) atoms. The van der Waals surface area contributed by atoms with Crippen molar-refractivity contribution < 1.29 is 14.3 Å². The SMILES string of the molecule is Cc1ccc(N2C(=O)c3cccnc3C2CC(=O)NCC2CCCO2)cc1. The molecule has 2 aromatic rings. The molecule has 0 bridgehead atoms. The monoisotopic (exact) mass is 365 g/mol. The number of aromatic nitrogens is 1. The molecule has 0 aliphatic carbocycles. The van der Waals surface area contributed by atoms with Gasteiger partial charge in [0.25, 0.3) is 5.91 Å². The Morgan fingerprint density at radius 2 is 2.11 bits per heavy atom. The molecule has 3 heterocycles. The van der Waals surface area contributed by atoms with Gasteiger partial charge in [0.1, 0.15) is 0 Å². The van der Waals surface area contributed by atoms with Crippen LogP contribution in [0.3, 0.4) is 0 Å². The second-order valence-corrected chi connectivity index (χ2v) is 7.11. The minimum Gasteiger partial charge on any atom is -0.376 e. The van der Waals surface area contributed by atoms with E-state index in [4.69, 9.17) is 4.74 Å². The lowest BCUT2D eigenvalue weighted by Gasteiger charge is -2.25. The van der Waals surface area contributed by atoms with E-state index in [0.29, 0.717) is 17.8 Å². The first-order chi connectivity index (χ1) is 13.1. The van der Waals surface area contributed by atoms with E-state index in [1.807, 2.05) is 31.2 Å². The van der Waals surface area contributed by atoms with Crippen LogP contribution in [0.25, 0.3) is 0 Å². The van der Waals surface area contributed by atoms with Crippen LogP contribution in [0.1, 0.15) is 46.9 Å². The fourth-order valence-electron chi connectivity index (χ4n) is 3.73. The number of anilines is 1. The fourth-order valence-corrected chi connectivity index (χ4v) is 3.73. The highest BCUT2D eigenvalue weighted by Crippen LogP contribution is 2.38. The Kier molecular flexibility index (Phi) is 4.90. The minimum absolute atomic E-state index is 0.0952. The number of nitrogens with zero attached hydrogens (tertiary/aromatic N) is 2. The normalized spacial score (nSPS) is 21.4. The molecule has 1 saturated heterocycles. The molecule has 6 heteroatoms. The van der Waals surface area contributed by atoms with E-state index in [1.165, 1.54) is 0 Å². The number of nitrogens with one attached hydrogen (secondary N) is 1. The van der Waals surface area contributed by atoms with Crippen LogP contribution in [0.4, 0.5) is 5.69 Å². The second-order valence-electron chi connectivity index (χ2n) is 7.11. The first-order valence-electron chi connectivity index (χ1n) is 9.37. The summed E-state index contributed by atoms with van der Waals surface area (Å²) < 4.78 is 5.56. The van der Waals surface area contributed by atoms with Crippen molar-refractivity contribution in [2.75, 3.05) is 18.1 Å². The first-order valence-corrected chi connectivity index (χ1v) is 9.37. The highest BCUT2D eigenvalue weighted by atomic mass is 16.5. The summed E-state index contributed by atoms with van der Waals surface area (Å²) in [7, 11) is 0. The van der Waals surface area contributed by atoms with Crippen LogP contribution in [-0.4, -0.2) is 36.1 Å². The van der Waals surface area contributed by atoms with Gasteiger partial charge in [-0.05, 0) is 44.0 Å². The summed E-state index contributed by atoms with van der Waals surface area (Å²) in [5, 5.41) is 2.95. The van der Waals surface area contributed by atoms with Crippen LogP contribution < -0.4 is 10.2 Å². The summed E-state index contributed by atoms with van der Waals surface area (Å²) in [6.45, 7) is 3.27. The summed E-state index contributed by atoms with van der Waals surface area (Å²) in [5.74, 6) is -0.210. The molecule has 0 saturated carbocycles. The summed E-state index contributed by atoms with van der Waals surface area (Å²) in [4.78, 5) is 31.6. The first kappa shape index (κ1) is 17.7. The van der Waals surface area contributed by atoms with E-state index in [0.717, 1.165) is 30.7 Å². The number of fused-ring (bicyclic) bond motifs is 1. The minimum atomic E-state index is -0.402. The fraction of sp³-hybridized carbons (Fsp3) is 0.381. The molecule has 2 aliphatic rings. The van der Waals surface area contributed by atoms with Gasteiger partial charge in [-0.3, -0.25) is 19.5 Å². The van der Waals surface area contributed by atoms with Crippen LogP contribution in [0.2, 0.25) is 0 Å². The van der Waals surface area contributed by atoms with Crippen LogP contribution >= 0.6 is 0 Å². The zero-order valence-corrected chi connectivity index (χ0v) is 15.4. The predicted octanol–water partition coefficient (Wildman–Crippen LogP) is 2.78. The van der Waals surface area contributed by atoms with Gasteiger partial charge in [0.2, 0.25) is 5.91 Å². The van der Waals surface area contributed by atoms with E-state index < -0.39 is 6.04 Å². The summed E-state index contributed by atoms with van der Waals surface area (Å²) in [6, 6.07) is 10.9. The summed E-state index contributed by atoms with van der Waals surface area (Å²) >= 11 is 0. The number of hydrogen-bond acceptors (Lipinski definition) is 4. The van der Waals surface area contributed by atoms with Crippen LogP contribution in [0.15, 0.2) is 42.6 Å². The molecule has 2 atom stereocenters. The topological polar surface area (TPSA) is 71.5 Å². The third-order valence-electron chi connectivity index (χ3n) is 5.16. The Morgan fingerprint density at radius 3 is 2.85 bits per heavy atom. The van der Waals surface area contributed by atoms with Gasteiger partial charge >= 0.3 is 0 Å². The van der Waals surface area contributed by atoms with Crippen molar-refractivity contribution in [3.05, 3.63) is 59.4 Å². The van der Waals surface area contributed by atoms with E-state index in [9.17, 15) is 9.59 Å². The zero-order chi connectivity index (χ0) is 18.8. The molecule has 1 N–H and O–H groups in total. The molecule has 2 amide bonds. The van der Waals surface area contributed by atoms with Crippen molar-refractivity contribution in [1.82, 2.24) is 10.3 Å². The quantitative estimate of drug-likeness (QED) is 0.884. The van der Waals surface area contributed by atoms with Crippen LogP contribution in [0.5, 0.6) is 0 Å². The van der Waals surface area contributed by atoms with Crippen molar-refractivity contribution in [3.63, 3.8) is 0 Å². The Hall–Kier alpha value is -2.73. The number of amides is 2. The third kappa shape index (κ3) is 3.57. The molecule has 1 fully saturated rings. The highest BCUT2D eigenvalue weighted by molar-refractivity contribution is 6.11. The molecule has 4 rings (SSSR count). The standard InChI is InChI=1S/C21H23N3O3/c1-14-6-8-15(9-7-14)24-18(20-17(21(24)26)5-2-10-22-20)12-19(25)23-13-16-4-3-11-27-16/h2,5-10,16,18H,3-4,11-13H2,1H3,(H,23,25). The average molecular weight is 365 g/mol. The Labute approximate surface area is 158 Å². The van der Waals surface area contributed by atoms with E-state index in [1.54, 1.807) is 23.2 Å². The van der Waals surface area contributed by atoms with E-state index >= 15 is 0 Å². The predicted molar refractivity (Wildman–Crippen MR) is 102 cm³/mol. The van der Waals surface area contributed by atoms with Gasteiger partial charge in [-0.15, -0.1) is 0 Å². The maximum absolute atomic E-state index is 13.0. The van der Waals surface area contributed by atoms with Crippen molar-refractivity contribution in [3.8, 4) is 0 Å². The van der Waals surface area contributed by atoms with Gasteiger partial charge < -0.3 is 10.1 Å². The van der Waals surface area contributed by atoms with Crippen molar-refractivity contribution >= 4 is 17.5 Å². The number of carbonyl (C=O) groups is 2. The number of carbonyl (C=O) groups excluding carboxylic acids is 2. The lowest BCUT2D eigenvalue weighted by molar-refractivity contribution is -0.121. The number of rotatable bonds is 5. The van der Waals surface area contributed by atoms with Gasteiger partial charge in [-0.25, -0.2) is 0 Å². The van der Waals surface area contributed by atoms with Crippen LogP contribution in [-0.2, 0) is 9.53 Å². The number of benzene rings is 1. The zero-order valence-electron chi connectivity index (χ0n) is 15.4. The second kappa shape index (κ2) is 7.48. The van der Waals surface area contributed by atoms with E-state index in [2.05, 4.69) is 10.3 Å². The molecule has 0 radical (unpaired) electrons. The average Bonchev–Trinajstić information content (AvgIpc) is 3.29. The Bertz CT molecular complexity index is 844. The van der Waals surface area contributed by atoms with Crippen molar-refractivity contribution in [1.29, 1.82) is 0 Å². The molecular weight excluding hydrogens is 342 g/mol. The van der Waals surface area contributed by atoms with Gasteiger partial charge in [-0.2, -0.15) is 0 Å². The molecule has 1 aromatic carbocycles. The molecule has 2 unspecified atom stereocenters. The maximum Gasteiger partial charge on any atom is 0.260 e. The van der Waals surface area contributed by atoms with Crippen molar-refractivity contribution in [2.24, 2.45) is 0 Å². The molecule has 2 aliphatic heterocycles. The number of hydrogen-bond donors (Lipinski definition) is 1. The largest absolute Gasteiger partial charge is 0.376 e. The third-order valence-corrected chi connectivity index (χ3v) is 5.16. The van der Waals surface area contributed by atoms with Gasteiger partial charge in [0, 0.05) is 25.0 Å². The lowest BCUT2D eigenvalue weighted by Crippen LogP contribution is -2.36. The Balaban J connectivity index is 1.55. The number of aryl methyl sites for hydroxylation is 1. The van der Waals surface area contributed by atoms with Gasteiger partial charge in [0.05, 0.1) is 29.8 Å². The van der Waals surface area contributed by atoms with Gasteiger partial charge in [0.15, 0.2) is 0 Å². The molecule has 140 valence electrons.